The molecule has 1 aromatic carbocycles. The summed E-state index contributed by atoms with van der Waals surface area (Å²) in [5.74, 6) is 0.0701. The van der Waals surface area contributed by atoms with E-state index < -0.39 is 11.5 Å². The molecule has 0 spiro atoms. The van der Waals surface area contributed by atoms with E-state index in [-0.39, 0.29) is 5.97 Å². The molecular formula is C16H22O3S. The molecule has 1 heterocycles. The normalized spacial score (nSPS) is 22.9. The van der Waals surface area contributed by atoms with Crippen LogP contribution >= 0.6 is 11.8 Å². The molecule has 0 bridgehead atoms. The van der Waals surface area contributed by atoms with Crippen molar-refractivity contribution in [1.29, 1.82) is 0 Å². The van der Waals surface area contributed by atoms with Crippen LogP contribution in [0, 0.1) is 5.92 Å². The van der Waals surface area contributed by atoms with E-state index in [4.69, 9.17) is 4.74 Å². The zero-order valence-corrected chi connectivity index (χ0v) is 12.9. The standard InChI is InChI=1S/C16H22O3S/c1-3-7-13(15(17)19-4-2)16(18)10-11-20-14-9-6-5-8-12(14)16/h5-6,8-9,13,18H,3-4,7,10-11H2,1-2H3. The highest BCUT2D eigenvalue weighted by Crippen LogP contribution is 2.46. The van der Waals surface area contributed by atoms with Crippen molar-refractivity contribution in [3.05, 3.63) is 29.8 Å². The molecule has 0 saturated heterocycles. The summed E-state index contributed by atoms with van der Waals surface area (Å²) in [7, 11) is 0. The predicted octanol–water partition coefficient (Wildman–Crippen LogP) is 3.35. The van der Waals surface area contributed by atoms with Gasteiger partial charge in [0, 0.05) is 10.6 Å². The number of hydrogen-bond acceptors (Lipinski definition) is 4. The minimum absolute atomic E-state index is 0.279. The van der Waals surface area contributed by atoms with Crippen LogP contribution in [0.5, 0.6) is 0 Å². The Balaban J connectivity index is 2.39. The number of ether oxygens (including phenoxy) is 1. The zero-order chi connectivity index (χ0) is 14.6. The van der Waals surface area contributed by atoms with Crippen LogP contribution in [0.2, 0.25) is 0 Å². The highest BCUT2D eigenvalue weighted by atomic mass is 32.2. The second kappa shape index (κ2) is 6.64. The first-order chi connectivity index (χ1) is 9.63. The molecule has 2 rings (SSSR count). The Kier molecular flexibility index (Phi) is 5.11. The van der Waals surface area contributed by atoms with Crippen molar-refractivity contribution in [1.82, 2.24) is 0 Å². The Labute approximate surface area is 124 Å². The number of carbonyl (C=O) groups excluding carboxylic acids is 1. The third-order valence-corrected chi connectivity index (χ3v) is 4.89. The molecule has 1 aliphatic heterocycles. The third kappa shape index (κ3) is 2.86. The van der Waals surface area contributed by atoms with Crippen molar-refractivity contribution in [3.8, 4) is 0 Å². The van der Waals surface area contributed by atoms with Crippen LogP contribution in [0.1, 0.15) is 38.7 Å². The van der Waals surface area contributed by atoms with Crippen LogP contribution in [0.25, 0.3) is 0 Å². The number of rotatable bonds is 5. The molecule has 3 nitrogen and oxygen atoms in total. The fourth-order valence-corrected chi connectivity index (χ4v) is 4.05. The van der Waals surface area contributed by atoms with E-state index in [0.29, 0.717) is 19.4 Å². The van der Waals surface area contributed by atoms with E-state index in [1.165, 1.54) is 0 Å². The molecule has 0 saturated carbocycles. The van der Waals surface area contributed by atoms with Gasteiger partial charge < -0.3 is 9.84 Å². The molecule has 1 aromatic rings. The van der Waals surface area contributed by atoms with Crippen LogP contribution in [-0.2, 0) is 15.1 Å². The van der Waals surface area contributed by atoms with Crippen LogP contribution in [0.4, 0.5) is 0 Å². The molecule has 1 aliphatic rings. The van der Waals surface area contributed by atoms with Gasteiger partial charge >= 0.3 is 5.97 Å². The molecule has 20 heavy (non-hydrogen) atoms. The van der Waals surface area contributed by atoms with Crippen LogP contribution in [0.3, 0.4) is 0 Å². The smallest absolute Gasteiger partial charge is 0.312 e. The second-order valence-corrected chi connectivity index (χ2v) is 6.25. The van der Waals surface area contributed by atoms with Crippen LogP contribution in [-0.4, -0.2) is 23.4 Å². The zero-order valence-electron chi connectivity index (χ0n) is 12.1. The molecule has 0 amide bonds. The molecule has 0 radical (unpaired) electrons. The Bertz CT molecular complexity index is 475. The summed E-state index contributed by atoms with van der Waals surface area (Å²) in [5.41, 5.74) is -0.216. The van der Waals surface area contributed by atoms with Gasteiger partial charge in [-0.2, -0.15) is 0 Å². The lowest BCUT2D eigenvalue weighted by Crippen LogP contribution is -2.43. The number of thioether (sulfide) groups is 1. The quantitative estimate of drug-likeness (QED) is 0.846. The molecule has 2 atom stereocenters. The van der Waals surface area contributed by atoms with Gasteiger partial charge in [-0.25, -0.2) is 0 Å². The van der Waals surface area contributed by atoms with Gasteiger partial charge in [0.25, 0.3) is 0 Å². The number of hydrogen-bond donors (Lipinski definition) is 1. The number of carbonyl (C=O) groups is 1. The summed E-state index contributed by atoms with van der Waals surface area (Å²) in [6.45, 7) is 4.18. The number of esters is 1. The van der Waals surface area contributed by atoms with Crippen LogP contribution in [0.15, 0.2) is 29.2 Å². The summed E-state index contributed by atoms with van der Waals surface area (Å²) in [6.07, 6.45) is 2.09. The summed E-state index contributed by atoms with van der Waals surface area (Å²) in [5, 5.41) is 11.2. The first kappa shape index (κ1) is 15.4. The lowest BCUT2D eigenvalue weighted by atomic mass is 9.76. The summed E-state index contributed by atoms with van der Waals surface area (Å²) in [4.78, 5) is 13.3. The Morgan fingerprint density at radius 3 is 2.90 bits per heavy atom. The summed E-state index contributed by atoms with van der Waals surface area (Å²) >= 11 is 1.74. The lowest BCUT2D eigenvalue weighted by molar-refractivity contribution is -0.160. The average molecular weight is 294 g/mol. The molecule has 1 N–H and O–H groups in total. The molecule has 0 fully saturated rings. The highest BCUT2D eigenvalue weighted by molar-refractivity contribution is 7.99. The van der Waals surface area contributed by atoms with Crippen molar-refractivity contribution in [2.24, 2.45) is 5.92 Å². The molecule has 0 aliphatic carbocycles. The van der Waals surface area contributed by atoms with E-state index in [2.05, 4.69) is 0 Å². The molecule has 4 heteroatoms. The Morgan fingerprint density at radius 2 is 2.20 bits per heavy atom. The molecular weight excluding hydrogens is 272 g/mol. The van der Waals surface area contributed by atoms with E-state index >= 15 is 0 Å². The van der Waals surface area contributed by atoms with Crippen LogP contribution < -0.4 is 0 Å². The van der Waals surface area contributed by atoms with Gasteiger partial charge in [-0.1, -0.05) is 31.5 Å². The summed E-state index contributed by atoms with van der Waals surface area (Å²) in [6, 6.07) is 7.84. The van der Waals surface area contributed by atoms with E-state index in [9.17, 15) is 9.90 Å². The van der Waals surface area contributed by atoms with Crippen molar-refractivity contribution >= 4 is 17.7 Å². The van der Waals surface area contributed by atoms with Gasteiger partial charge in [-0.3, -0.25) is 4.79 Å². The number of fused-ring (bicyclic) bond motifs is 1. The van der Waals surface area contributed by atoms with E-state index in [1.807, 2.05) is 31.2 Å². The highest BCUT2D eigenvalue weighted by Gasteiger charge is 2.45. The van der Waals surface area contributed by atoms with Crippen molar-refractivity contribution in [2.45, 2.75) is 43.6 Å². The number of aliphatic hydroxyl groups is 1. The monoisotopic (exact) mass is 294 g/mol. The SMILES string of the molecule is CCCC(C(=O)OCC)C1(O)CCSc2ccccc21. The van der Waals surface area contributed by atoms with Gasteiger partial charge in [0.2, 0.25) is 0 Å². The lowest BCUT2D eigenvalue weighted by Gasteiger charge is -2.39. The van der Waals surface area contributed by atoms with E-state index in [1.54, 1.807) is 18.7 Å². The van der Waals surface area contributed by atoms with Crippen molar-refractivity contribution in [2.75, 3.05) is 12.4 Å². The molecule has 110 valence electrons. The van der Waals surface area contributed by atoms with Crippen molar-refractivity contribution < 1.29 is 14.6 Å². The average Bonchev–Trinajstić information content (AvgIpc) is 2.45. The van der Waals surface area contributed by atoms with Gasteiger partial charge in [0.15, 0.2) is 0 Å². The van der Waals surface area contributed by atoms with Gasteiger partial charge in [-0.15, -0.1) is 11.8 Å². The maximum Gasteiger partial charge on any atom is 0.312 e. The Morgan fingerprint density at radius 1 is 1.45 bits per heavy atom. The second-order valence-electron chi connectivity index (χ2n) is 5.11. The van der Waals surface area contributed by atoms with Gasteiger partial charge in [0.1, 0.15) is 5.60 Å². The van der Waals surface area contributed by atoms with E-state index in [0.717, 1.165) is 22.6 Å². The van der Waals surface area contributed by atoms with Gasteiger partial charge in [0.05, 0.1) is 12.5 Å². The molecule has 2 unspecified atom stereocenters. The first-order valence-electron chi connectivity index (χ1n) is 7.24. The first-order valence-corrected chi connectivity index (χ1v) is 8.23. The minimum Gasteiger partial charge on any atom is -0.466 e. The maximum atomic E-state index is 12.3. The maximum absolute atomic E-state index is 12.3. The van der Waals surface area contributed by atoms with Gasteiger partial charge in [-0.05, 0) is 31.4 Å². The summed E-state index contributed by atoms with van der Waals surface area (Å²) < 4.78 is 5.18. The van der Waals surface area contributed by atoms with Crippen molar-refractivity contribution in [3.63, 3.8) is 0 Å². The third-order valence-electron chi connectivity index (χ3n) is 3.82. The topological polar surface area (TPSA) is 46.5 Å². The Hall–Kier alpha value is -1.00. The fourth-order valence-electron chi connectivity index (χ4n) is 2.85. The number of benzene rings is 1. The fraction of sp³-hybridized carbons (Fsp3) is 0.562. The minimum atomic E-state index is -1.09. The predicted molar refractivity (Wildman–Crippen MR) is 80.7 cm³/mol. The largest absolute Gasteiger partial charge is 0.466 e. The molecule has 0 aromatic heterocycles.